The van der Waals surface area contributed by atoms with Crippen LogP contribution >= 0.6 is 11.6 Å². The number of halogens is 2. The van der Waals surface area contributed by atoms with Gasteiger partial charge in [0.25, 0.3) is 0 Å². The van der Waals surface area contributed by atoms with Crippen LogP contribution < -0.4 is 5.73 Å². The second-order valence-electron chi connectivity index (χ2n) is 4.58. The van der Waals surface area contributed by atoms with E-state index in [2.05, 4.69) is 0 Å². The first kappa shape index (κ1) is 14.7. The summed E-state index contributed by atoms with van der Waals surface area (Å²) < 4.78 is 39.5. The van der Waals surface area contributed by atoms with Crippen LogP contribution in [0, 0.1) is 5.82 Å². The molecule has 0 aliphatic carbocycles. The average Bonchev–Trinajstić information content (AvgIpc) is 2.41. The van der Waals surface area contributed by atoms with Gasteiger partial charge in [0.1, 0.15) is 5.82 Å². The lowest BCUT2D eigenvalue weighted by atomic mass is 10.1. The van der Waals surface area contributed by atoms with Crippen molar-refractivity contribution in [3.05, 3.63) is 29.0 Å². The van der Waals surface area contributed by atoms with Crippen LogP contribution in [0.25, 0.3) is 0 Å². The molecular weight excluding hydrogens is 291 g/mol. The highest BCUT2D eigenvalue weighted by Gasteiger charge is 2.32. The molecule has 0 radical (unpaired) electrons. The summed E-state index contributed by atoms with van der Waals surface area (Å²) in [5.74, 6) is -0.630. The van der Waals surface area contributed by atoms with E-state index in [4.69, 9.17) is 17.3 Å². The lowest BCUT2D eigenvalue weighted by molar-refractivity contribution is 0.257. The van der Waals surface area contributed by atoms with E-state index in [0.717, 1.165) is 31.4 Å². The fourth-order valence-electron chi connectivity index (χ4n) is 2.30. The Labute approximate surface area is 117 Å². The molecule has 1 aliphatic heterocycles. The van der Waals surface area contributed by atoms with Crippen LogP contribution in [0.1, 0.15) is 19.3 Å². The Hall–Kier alpha value is -0.690. The first-order valence-electron chi connectivity index (χ1n) is 6.14. The maximum absolute atomic E-state index is 13.1. The Morgan fingerprint density at radius 1 is 1.42 bits per heavy atom. The van der Waals surface area contributed by atoms with Crippen molar-refractivity contribution in [2.45, 2.75) is 30.2 Å². The largest absolute Gasteiger partial charge is 0.329 e. The summed E-state index contributed by atoms with van der Waals surface area (Å²) in [6.07, 6.45) is 2.54. The molecule has 1 fully saturated rings. The molecule has 1 aromatic carbocycles. The third-order valence-electron chi connectivity index (χ3n) is 3.34. The van der Waals surface area contributed by atoms with Crippen LogP contribution in [0.3, 0.4) is 0 Å². The van der Waals surface area contributed by atoms with Crippen molar-refractivity contribution in [1.29, 1.82) is 0 Å². The van der Waals surface area contributed by atoms with Gasteiger partial charge < -0.3 is 5.73 Å². The van der Waals surface area contributed by atoms with E-state index < -0.39 is 15.8 Å². The molecule has 0 amide bonds. The Balaban J connectivity index is 2.37. The third-order valence-corrected chi connectivity index (χ3v) is 5.58. The molecule has 0 aromatic heterocycles. The maximum atomic E-state index is 13.1. The number of sulfonamides is 1. The summed E-state index contributed by atoms with van der Waals surface area (Å²) in [5, 5.41) is -0.192. The standard InChI is InChI=1S/C12H16ClFN2O2S/c13-11-7-10(4-5-12(11)14)19(17,18)16-6-2-1-3-9(16)8-15/h4-5,7,9H,1-3,6,8,15H2/t9-/m1/s1. The van der Waals surface area contributed by atoms with Crippen LogP contribution in [0.2, 0.25) is 5.02 Å². The van der Waals surface area contributed by atoms with Crippen molar-refractivity contribution in [2.24, 2.45) is 5.73 Å². The number of nitrogens with two attached hydrogens (primary N) is 1. The smallest absolute Gasteiger partial charge is 0.243 e. The van der Waals surface area contributed by atoms with Crippen LogP contribution in [-0.4, -0.2) is 31.9 Å². The summed E-state index contributed by atoms with van der Waals surface area (Å²) in [6, 6.07) is 3.26. The zero-order valence-electron chi connectivity index (χ0n) is 10.4. The number of nitrogens with zero attached hydrogens (tertiary/aromatic N) is 1. The van der Waals surface area contributed by atoms with Crippen molar-refractivity contribution >= 4 is 21.6 Å². The molecule has 1 aliphatic rings. The van der Waals surface area contributed by atoms with Gasteiger partial charge in [0.15, 0.2) is 0 Å². The van der Waals surface area contributed by atoms with E-state index in [-0.39, 0.29) is 22.5 Å². The number of benzene rings is 1. The highest BCUT2D eigenvalue weighted by atomic mass is 35.5. The lowest BCUT2D eigenvalue weighted by Gasteiger charge is -2.33. The van der Waals surface area contributed by atoms with E-state index in [1.54, 1.807) is 0 Å². The zero-order valence-corrected chi connectivity index (χ0v) is 11.9. The first-order valence-corrected chi connectivity index (χ1v) is 7.95. The minimum atomic E-state index is -3.66. The number of hydrogen-bond acceptors (Lipinski definition) is 3. The van der Waals surface area contributed by atoms with E-state index in [9.17, 15) is 12.8 Å². The van der Waals surface area contributed by atoms with Gasteiger partial charge in [-0.05, 0) is 31.0 Å². The lowest BCUT2D eigenvalue weighted by Crippen LogP contribution is -2.47. The van der Waals surface area contributed by atoms with Gasteiger partial charge in [-0.2, -0.15) is 4.31 Å². The molecule has 1 heterocycles. The highest BCUT2D eigenvalue weighted by Crippen LogP contribution is 2.27. The average molecular weight is 307 g/mol. The van der Waals surface area contributed by atoms with E-state index in [0.29, 0.717) is 6.54 Å². The van der Waals surface area contributed by atoms with Gasteiger partial charge in [-0.1, -0.05) is 18.0 Å². The Kier molecular flexibility index (Phi) is 4.45. The molecule has 7 heteroatoms. The maximum Gasteiger partial charge on any atom is 0.243 e. The highest BCUT2D eigenvalue weighted by molar-refractivity contribution is 7.89. The molecule has 4 nitrogen and oxygen atoms in total. The van der Waals surface area contributed by atoms with E-state index in [1.165, 1.54) is 10.4 Å². The monoisotopic (exact) mass is 306 g/mol. The van der Waals surface area contributed by atoms with Crippen LogP contribution in [-0.2, 0) is 10.0 Å². The molecular formula is C12H16ClFN2O2S. The summed E-state index contributed by atoms with van der Waals surface area (Å²) in [6.45, 7) is 0.730. The summed E-state index contributed by atoms with van der Waals surface area (Å²) in [5.41, 5.74) is 5.63. The summed E-state index contributed by atoms with van der Waals surface area (Å²) >= 11 is 5.65. The predicted molar refractivity (Wildman–Crippen MR) is 72.0 cm³/mol. The van der Waals surface area contributed by atoms with Crippen molar-refractivity contribution in [3.8, 4) is 0 Å². The van der Waals surface area contributed by atoms with Crippen LogP contribution in [0.5, 0.6) is 0 Å². The third kappa shape index (κ3) is 2.91. The molecule has 1 aromatic rings. The van der Waals surface area contributed by atoms with E-state index >= 15 is 0 Å². The summed E-state index contributed by atoms with van der Waals surface area (Å²) in [7, 11) is -3.66. The molecule has 106 valence electrons. The van der Waals surface area contributed by atoms with E-state index in [1.807, 2.05) is 0 Å². The molecule has 19 heavy (non-hydrogen) atoms. The second-order valence-corrected chi connectivity index (χ2v) is 6.87. The van der Waals surface area contributed by atoms with Gasteiger partial charge in [0.2, 0.25) is 10.0 Å². The number of hydrogen-bond donors (Lipinski definition) is 1. The quantitative estimate of drug-likeness (QED) is 0.929. The minimum absolute atomic E-state index is 0.0132. The van der Waals surface area contributed by atoms with Crippen LogP contribution in [0.4, 0.5) is 4.39 Å². The van der Waals surface area contributed by atoms with Crippen molar-refractivity contribution in [1.82, 2.24) is 4.31 Å². The first-order chi connectivity index (χ1) is 8.96. The Morgan fingerprint density at radius 3 is 2.79 bits per heavy atom. The Morgan fingerprint density at radius 2 is 2.16 bits per heavy atom. The molecule has 1 atom stereocenters. The second kappa shape index (κ2) is 5.75. The van der Waals surface area contributed by atoms with Gasteiger partial charge in [-0.15, -0.1) is 0 Å². The normalized spacial score (nSPS) is 21.5. The van der Waals surface area contributed by atoms with Crippen molar-refractivity contribution in [2.75, 3.05) is 13.1 Å². The van der Waals surface area contributed by atoms with Crippen LogP contribution in [0.15, 0.2) is 23.1 Å². The topological polar surface area (TPSA) is 63.4 Å². The Bertz CT molecular complexity index is 565. The molecule has 0 bridgehead atoms. The van der Waals surface area contributed by atoms with Crippen molar-refractivity contribution < 1.29 is 12.8 Å². The van der Waals surface area contributed by atoms with Crippen molar-refractivity contribution in [3.63, 3.8) is 0 Å². The fraction of sp³-hybridized carbons (Fsp3) is 0.500. The predicted octanol–water partition coefficient (Wildman–Crippen LogP) is 1.98. The molecule has 2 rings (SSSR count). The zero-order chi connectivity index (χ0) is 14.0. The minimum Gasteiger partial charge on any atom is -0.329 e. The molecule has 1 saturated heterocycles. The SMILES string of the molecule is NC[C@H]1CCCCN1S(=O)(=O)c1ccc(F)c(Cl)c1. The number of rotatable bonds is 3. The fourth-order valence-corrected chi connectivity index (χ4v) is 4.27. The van der Waals surface area contributed by atoms with Gasteiger partial charge in [0, 0.05) is 19.1 Å². The molecule has 2 N–H and O–H groups in total. The van der Waals surface area contributed by atoms with Gasteiger partial charge in [0.05, 0.1) is 9.92 Å². The molecule has 0 unspecified atom stereocenters. The number of piperidine rings is 1. The molecule has 0 saturated carbocycles. The van der Waals surface area contributed by atoms with Gasteiger partial charge >= 0.3 is 0 Å². The summed E-state index contributed by atoms with van der Waals surface area (Å²) in [4.78, 5) is 0.0132. The van der Waals surface area contributed by atoms with Gasteiger partial charge in [-0.3, -0.25) is 0 Å². The molecule has 0 spiro atoms. The van der Waals surface area contributed by atoms with Gasteiger partial charge in [-0.25, -0.2) is 12.8 Å².